The molecule has 1 atom stereocenters. The largest absolute Gasteiger partial charge is 0.381 e. The van der Waals surface area contributed by atoms with Gasteiger partial charge in [-0.15, -0.1) is 0 Å². The number of rotatable bonds is 4. The fraction of sp³-hybridized carbons (Fsp3) is 0.688. The van der Waals surface area contributed by atoms with Gasteiger partial charge in [0.2, 0.25) is 11.8 Å². The third-order valence-corrected chi connectivity index (χ3v) is 4.68. The molecule has 7 nitrogen and oxygen atoms in total. The fourth-order valence-electron chi connectivity index (χ4n) is 3.27. The highest BCUT2D eigenvalue weighted by Crippen LogP contribution is 2.23. The highest BCUT2D eigenvalue weighted by molar-refractivity contribution is 5.77. The van der Waals surface area contributed by atoms with Gasteiger partial charge >= 0.3 is 0 Å². The molecule has 0 unspecified atom stereocenters. The zero-order valence-electron chi connectivity index (χ0n) is 13.5. The molecule has 1 aromatic heterocycles. The Morgan fingerprint density at radius 3 is 2.91 bits per heavy atom. The Balaban J connectivity index is 1.56. The van der Waals surface area contributed by atoms with Gasteiger partial charge in [-0.3, -0.25) is 14.3 Å². The Labute approximate surface area is 136 Å². The topological polar surface area (TPSA) is 76.5 Å². The van der Waals surface area contributed by atoms with Gasteiger partial charge in [0.05, 0.1) is 24.7 Å². The number of aromatic nitrogens is 2. The first kappa shape index (κ1) is 16.0. The van der Waals surface area contributed by atoms with Crippen molar-refractivity contribution in [2.75, 3.05) is 26.3 Å². The van der Waals surface area contributed by atoms with Crippen molar-refractivity contribution in [2.45, 2.75) is 38.8 Å². The van der Waals surface area contributed by atoms with Crippen LogP contribution in [0.5, 0.6) is 0 Å². The van der Waals surface area contributed by atoms with Crippen molar-refractivity contribution in [3.05, 3.63) is 18.0 Å². The first-order valence-corrected chi connectivity index (χ1v) is 8.26. The lowest BCUT2D eigenvalue weighted by Crippen LogP contribution is -2.42. The normalized spacial score (nSPS) is 21.8. The Bertz CT molecular complexity index is 565. The molecule has 3 heterocycles. The van der Waals surface area contributed by atoms with E-state index in [1.165, 1.54) is 0 Å². The van der Waals surface area contributed by atoms with Crippen LogP contribution in [0, 0.1) is 5.92 Å². The lowest BCUT2D eigenvalue weighted by molar-refractivity contribution is -0.132. The molecule has 0 saturated carbocycles. The van der Waals surface area contributed by atoms with Crippen LogP contribution >= 0.6 is 0 Å². The van der Waals surface area contributed by atoms with Crippen molar-refractivity contribution in [1.29, 1.82) is 0 Å². The molecule has 126 valence electrons. The second-order valence-corrected chi connectivity index (χ2v) is 6.38. The summed E-state index contributed by atoms with van der Waals surface area (Å²) in [5, 5.41) is 7.34. The predicted molar refractivity (Wildman–Crippen MR) is 83.5 cm³/mol. The molecule has 1 saturated heterocycles. The van der Waals surface area contributed by atoms with Crippen LogP contribution in [-0.4, -0.2) is 52.8 Å². The number of hydrogen-bond donors (Lipinski definition) is 1. The number of nitrogens with zero attached hydrogens (tertiary/aromatic N) is 3. The van der Waals surface area contributed by atoms with E-state index in [4.69, 9.17) is 4.74 Å². The third-order valence-electron chi connectivity index (χ3n) is 4.68. The van der Waals surface area contributed by atoms with Crippen molar-refractivity contribution < 1.29 is 14.3 Å². The number of carbonyl (C=O) groups is 2. The minimum absolute atomic E-state index is 0.0216. The standard InChI is InChI=1S/C16H24N4O3/c1-12(21)19-10-14-2-5-18-20(14)15(11-19)8-16(22)17-9-13-3-6-23-7-4-13/h2,5,13,15H,3-4,6-11H2,1H3,(H,17,22)/t15-/m1/s1. The minimum atomic E-state index is -0.0904. The molecule has 2 aliphatic heterocycles. The van der Waals surface area contributed by atoms with E-state index in [-0.39, 0.29) is 17.9 Å². The highest BCUT2D eigenvalue weighted by Gasteiger charge is 2.28. The lowest BCUT2D eigenvalue weighted by atomic mass is 10.0. The van der Waals surface area contributed by atoms with E-state index in [1.54, 1.807) is 18.0 Å². The average Bonchev–Trinajstić information content (AvgIpc) is 3.02. The number of ether oxygens (including phenoxy) is 1. The second kappa shape index (κ2) is 7.12. The molecular weight excluding hydrogens is 296 g/mol. The van der Waals surface area contributed by atoms with Crippen molar-refractivity contribution in [1.82, 2.24) is 20.0 Å². The van der Waals surface area contributed by atoms with Crippen LogP contribution in [0.15, 0.2) is 12.3 Å². The summed E-state index contributed by atoms with van der Waals surface area (Å²) in [6.07, 6.45) is 4.09. The van der Waals surface area contributed by atoms with Gasteiger partial charge in [-0.05, 0) is 24.8 Å². The monoisotopic (exact) mass is 320 g/mol. The van der Waals surface area contributed by atoms with Crippen LogP contribution in [0.3, 0.4) is 0 Å². The van der Waals surface area contributed by atoms with Gasteiger partial charge in [0.15, 0.2) is 0 Å². The van der Waals surface area contributed by atoms with E-state index >= 15 is 0 Å². The van der Waals surface area contributed by atoms with Gasteiger partial charge in [0.25, 0.3) is 0 Å². The molecular formula is C16H24N4O3. The highest BCUT2D eigenvalue weighted by atomic mass is 16.5. The second-order valence-electron chi connectivity index (χ2n) is 6.38. The zero-order chi connectivity index (χ0) is 16.2. The number of amides is 2. The Hall–Kier alpha value is -1.89. The van der Waals surface area contributed by atoms with Crippen LogP contribution in [0.4, 0.5) is 0 Å². The van der Waals surface area contributed by atoms with E-state index in [0.29, 0.717) is 32.0 Å². The molecule has 2 amide bonds. The van der Waals surface area contributed by atoms with Crippen molar-refractivity contribution in [2.24, 2.45) is 5.92 Å². The molecule has 3 rings (SSSR count). The Morgan fingerprint density at radius 1 is 1.39 bits per heavy atom. The van der Waals surface area contributed by atoms with Gasteiger partial charge < -0.3 is 15.0 Å². The first-order valence-electron chi connectivity index (χ1n) is 8.26. The summed E-state index contributed by atoms with van der Waals surface area (Å²) in [6.45, 7) is 4.94. The molecule has 0 aliphatic carbocycles. The molecule has 0 radical (unpaired) electrons. The molecule has 0 aromatic carbocycles. The van der Waals surface area contributed by atoms with E-state index in [1.807, 2.05) is 10.7 Å². The SMILES string of the molecule is CC(=O)N1Cc2ccnn2[C@H](CC(=O)NCC2CCOCC2)C1. The molecule has 1 N–H and O–H groups in total. The van der Waals surface area contributed by atoms with Crippen molar-refractivity contribution in [3.63, 3.8) is 0 Å². The maximum Gasteiger partial charge on any atom is 0.222 e. The fourth-order valence-corrected chi connectivity index (χ4v) is 3.27. The smallest absolute Gasteiger partial charge is 0.222 e. The zero-order valence-corrected chi connectivity index (χ0v) is 13.5. The van der Waals surface area contributed by atoms with E-state index in [2.05, 4.69) is 10.4 Å². The molecule has 23 heavy (non-hydrogen) atoms. The van der Waals surface area contributed by atoms with E-state index in [0.717, 1.165) is 31.7 Å². The average molecular weight is 320 g/mol. The van der Waals surface area contributed by atoms with Gasteiger partial charge in [-0.1, -0.05) is 0 Å². The molecule has 2 aliphatic rings. The maximum atomic E-state index is 12.3. The summed E-state index contributed by atoms with van der Waals surface area (Å²) < 4.78 is 7.21. The number of carbonyl (C=O) groups excluding carboxylic acids is 2. The first-order chi connectivity index (χ1) is 11.1. The molecule has 1 fully saturated rings. The van der Waals surface area contributed by atoms with Crippen molar-refractivity contribution >= 4 is 11.8 Å². The maximum absolute atomic E-state index is 12.3. The van der Waals surface area contributed by atoms with Gasteiger partial charge in [0.1, 0.15) is 0 Å². The van der Waals surface area contributed by atoms with Gasteiger partial charge in [-0.2, -0.15) is 5.10 Å². The summed E-state index contributed by atoms with van der Waals surface area (Å²) >= 11 is 0. The summed E-state index contributed by atoms with van der Waals surface area (Å²) in [5.41, 5.74) is 0.980. The number of fused-ring (bicyclic) bond motifs is 1. The van der Waals surface area contributed by atoms with E-state index in [9.17, 15) is 9.59 Å². The molecule has 7 heteroatoms. The summed E-state index contributed by atoms with van der Waals surface area (Å²) in [4.78, 5) is 25.7. The van der Waals surface area contributed by atoms with Crippen LogP contribution in [0.2, 0.25) is 0 Å². The van der Waals surface area contributed by atoms with Gasteiger partial charge in [0, 0.05) is 39.4 Å². The van der Waals surface area contributed by atoms with Crippen molar-refractivity contribution in [3.8, 4) is 0 Å². The van der Waals surface area contributed by atoms with Crippen LogP contribution in [0.25, 0.3) is 0 Å². The summed E-state index contributed by atoms with van der Waals surface area (Å²) in [7, 11) is 0. The molecule has 1 aromatic rings. The summed E-state index contributed by atoms with van der Waals surface area (Å²) in [5.74, 6) is 0.562. The minimum Gasteiger partial charge on any atom is -0.381 e. The quantitative estimate of drug-likeness (QED) is 0.887. The Morgan fingerprint density at radius 2 is 2.17 bits per heavy atom. The Kier molecular flexibility index (Phi) is 4.95. The summed E-state index contributed by atoms with van der Waals surface area (Å²) in [6, 6.07) is 1.81. The number of nitrogens with one attached hydrogen (secondary N) is 1. The van der Waals surface area contributed by atoms with Crippen LogP contribution < -0.4 is 5.32 Å². The lowest BCUT2D eigenvalue weighted by Gasteiger charge is -2.33. The predicted octanol–water partition coefficient (Wildman–Crippen LogP) is 0.719. The van der Waals surface area contributed by atoms with Gasteiger partial charge in [-0.25, -0.2) is 0 Å². The third kappa shape index (κ3) is 3.90. The van der Waals surface area contributed by atoms with Crippen LogP contribution in [0.1, 0.15) is 37.9 Å². The van der Waals surface area contributed by atoms with Crippen LogP contribution in [-0.2, 0) is 20.9 Å². The number of hydrogen-bond acceptors (Lipinski definition) is 4. The molecule has 0 bridgehead atoms. The molecule has 0 spiro atoms. The van der Waals surface area contributed by atoms with E-state index < -0.39 is 0 Å².